The van der Waals surface area contributed by atoms with Gasteiger partial charge in [-0.1, -0.05) is 17.7 Å². The first kappa shape index (κ1) is 22.9. The Hall–Kier alpha value is -3.91. The maximum absolute atomic E-state index is 13.2. The number of halogens is 1. The summed E-state index contributed by atoms with van der Waals surface area (Å²) in [5.41, 5.74) is 1.28. The Morgan fingerprint density at radius 3 is 2.74 bits per heavy atom. The zero-order chi connectivity index (χ0) is 24.7. The lowest BCUT2D eigenvalue weighted by atomic mass is 9.90. The molecule has 3 amide bonds. The fraction of sp³-hybridized carbons (Fsp3) is 0.231. The zero-order valence-corrected chi connectivity index (χ0v) is 20.2. The Labute approximate surface area is 207 Å². The second-order valence-electron chi connectivity index (χ2n) is 8.57. The third-order valence-corrected chi connectivity index (χ3v) is 6.49. The number of urea groups is 1. The van der Waals surface area contributed by atoms with E-state index in [0.29, 0.717) is 45.6 Å². The SMILES string of the molecule is COc1ccc(OC)c(NC(=O)c2cccc(N3C(=O)NC4CC3(C)Oc3ccc(Cl)cc34)c2)c1. The van der Waals surface area contributed by atoms with E-state index in [-0.39, 0.29) is 18.0 Å². The summed E-state index contributed by atoms with van der Waals surface area (Å²) in [4.78, 5) is 27.9. The lowest BCUT2D eigenvalue weighted by molar-refractivity contribution is 0.0378. The first-order valence-electron chi connectivity index (χ1n) is 11.0. The van der Waals surface area contributed by atoms with Crippen LogP contribution < -0.4 is 29.7 Å². The van der Waals surface area contributed by atoms with Gasteiger partial charge >= 0.3 is 6.03 Å². The van der Waals surface area contributed by atoms with E-state index < -0.39 is 5.72 Å². The Balaban J connectivity index is 1.45. The highest BCUT2D eigenvalue weighted by Crippen LogP contribution is 2.46. The highest BCUT2D eigenvalue weighted by Gasteiger charge is 2.50. The maximum atomic E-state index is 13.2. The molecule has 2 aliphatic rings. The summed E-state index contributed by atoms with van der Waals surface area (Å²) >= 11 is 6.16. The number of hydrogen-bond donors (Lipinski definition) is 2. The van der Waals surface area contributed by atoms with Crippen LogP contribution in [0.3, 0.4) is 0 Å². The van der Waals surface area contributed by atoms with Crippen molar-refractivity contribution >= 4 is 34.9 Å². The Bertz CT molecular complexity index is 1330. The second-order valence-corrected chi connectivity index (χ2v) is 9.01. The number of carbonyl (C=O) groups is 2. The third kappa shape index (κ3) is 4.10. The van der Waals surface area contributed by atoms with Crippen molar-refractivity contribution in [3.8, 4) is 17.2 Å². The molecular weight excluding hydrogens is 470 g/mol. The molecule has 180 valence electrons. The molecule has 0 radical (unpaired) electrons. The molecule has 2 aliphatic heterocycles. The number of methoxy groups -OCH3 is 2. The quantitative estimate of drug-likeness (QED) is 0.498. The van der Waals surface area contributed by atoms with E-state index in [1.165, 1.54) is 7.11 Å². The molecule has 3 aromatic rings. The van der Waals surface area contributed by atoms with Crippen molar-refractivity contribution in [3.63, 3.8) is 0 Å². The minimum atomic E-state index is -0.945. The van der Waals surface area contributed by atoms with E-state index in [9.17, 15) is 9.59 Å². The van der Waals surface area contributed by atoms with Gasteiger partial charge in [-0.05, 0) is 55.5 Å². The third-order valence-electron chi connectivity index (χ3n) is 6.26. The molecule has 0 saturated carbocycles. The van der Waals surface area contributed by atoms with Crippen LogP contribution >= 0.6 is 11.6 Å². The van der Waals surface area contributed by atoms with Crippen LogP contribution in [-0.2, 0) is 0 Å². The standard InChI is InChI=1S/C26H24ClN3O5/c1-26-14-21(19-12-16(27)7-9-22(19)35-26)29-25(32)30(26)17-6-4-5-15(11-17)24(31)28-20-13-18(33-2)8-10-23(20)34-3/h4-13,21H,14H2,1-3H3,(H,28,31)(H,29,32). The number of anilines is 2. The van der Waals surface area contributed by atoms with Crippen LogP contribution in [0, 0.1) is 0 Å². The molecule has 2 unspecified atom stereocenters. The summed E-state index contributed by atoms with van der Waals surface area (Å²) in [6.45, 7) is 1.87. The smallest absolute Gasteiger partial charge is 0.325 e. The molecule has 3 aromatic carbocycles. The zero-order valence-electron chi connectivity index (χ0n) is 19.4. The van der Waals surface area contributed by atoms with Gasteiger partial charge in [0.05, 0.1) is 31.6 Å². The molecule has 2 bridgehead atoms. The van der Waals surface area contributed by atoms with Crippen LogP contribution in [0.15, 0.2) is 60.7 Å². The van der Waals surface area contributed by atoms with Gasteiger partial charge in [-0.2, -0.15) is 0 Å². The molecule has 2 heterocycles. The number of benzene rings is 3. The van der Waals surface area contributed by atoms with Crippen molar-refractivity contribution in [2.75, 3.05) is 24.4 Å². The van der Waals surface area contributed by atoms with Crippen molar-refractivity contribution in [3.05, 3.63) is 76.8 Å². The predicted octanol–water partition coefficient (Wildman–Crippen LogP) is 5.38. The molecule has 5 rings (SSSR count). The normalized spacial score (nSPS) is 20.3. The highest BCUT2D eigenvalue weighted by atomic mass is 35.5. The lowest BCUT2D eigenvalue weighted by Gasteiger charge is -2.50. The van der Waals surface area contributed by atoms with Crippen molar-refractivity contribution in [2.45, 2.75) is 25.1 Å². The van der Waals surface area contributed by atoms with Crippen LogP contribution in [0.1, 0.15) is 35.3 Å². The monoisotopic (exact) mass is 493 g/mol. The van der Waals surface area contributed by atoms with Gasteiger partial charge in [-0.15, -0.1) is 0 Å². The number of nitrogens with one attached hydrogen (secondary N) is 2. The molecule has 9 heteroatoms. The van der Waals surface area contributed by atoms with E-state index in [1.807, 2.05) is 19.1 Å². The van der Waals surface area contributed by atoms with Gasteiger partial charge in [0.2, 0.25) is 0 Å². The summed E-state index contributed by atoms with van der Waals surface area (Å²) in [7, 11) is 3.07. The lowest BCUT2D eigenvalue weighted by Crippen LogP contribution is -2.65. The number of carbonyl (C=O) groups excluding carboxylic acids is 2. The molecule has 2 N–H and O–H groups in total. The van der Waals surface area contributed by atoms with Gasteiger partial charge in [0.1, 0.15) is 17.2 Å². The minimum absolute atomic E-state index is 0.224. The summed E-state index contributed by atoms with van der Waals surface area (Å²) in [6.07, 6.45) is 0.517. The highest BCUT2D eigenvalue weighted by molar-refractivity contribution is 6.30. The maximum Gasteiger partial charge on any atom is 0.325 e. The number of amides is 3. The van der Waals surface area contributed by atoms with Crippen LogP contribution in [0.25, 0.3) is 0 Å². The molecule has 8 nitrogen and oxygen atoms in total. The van der Waals surface area contributed by atoms with Crippen LogP contribution in [0.5, 0.6) is 17.2 Å². The van der Waals surface area contributed by atoms with E-state index in [4.69, 9.17) is 25.8 Å². The number of ether oxygens (including phenoxy) is 3. The van der Waals surface area contributed by atoms with Crippen LogP contribution in [0.2, 0.25) is 5.02 Å². The van der Waals surface area contributed by atoms with Gasteiger partial charge < -0.3 is 24.8 Å². The fourth-order valence-corrected chi connectivity index (χ4v) is 4.81. The molecule has 35 heavy (non-hydrogen) atoms. The van der Waals surface area contributed by atoms with Crippen LogP contribution in [0.4, 0.5) is 16.2 Å². The van der Waals surface area contributed by atoms with Gasteiger partial charge in [-0.3, -0.25) is 9.69 Å². The topological polar surface area (TPSA) is 89.1 Å². The average Bonchev–Trinajstić information content (AvgIpc) is 2.84. The van der Waals surface area contributed by atoms with E-state index in [2.05, 4.69) is 10.6 Å². The van der Waals surface area contributed by atoms with Gasteiger partial charge in [-0.25, -0.2) is 4.79 Å². The van der Waals surface area contributed by atoms with Crippen molar-refractivity contribution < 1.29 is 23.8 Å². The first-order valence-corrected chi connectivity index (χ1v) is 11.4. The molecule has 2 atom stereocenters. The second kappa shape index (κ2) is 8.70. The number of fused-ring (bicyclic) bond motifs is 4. The van der Waals surface area contributed by atoms with E-state index >= 15 is 0 Å². The Morgan fingerprint density at radius 2 is 1.97 bits per heavy atom. The average molecular weight is 494 g/mol. The van der Waals surface area contributed by atoms with Crippen LogP contribution in [-0.4, -0.2) is 31.9 Å². The largest absolute Gasteiger partial charge is 0.497 e. The molecular formula is C26H24ClN3O5. The Kier molecular flexibility index (Phi) is 5.68. The number of nitrogens with zero attached hydrogens (tertiary/aromatic N) is 1. The number of hydrogen-bond acceptors (Lipinski definition) is 5. The van der Waals surface area contributed by atoms with E-state index in [0.717, 1.165) is 5.56 Å². The first-order chi connectivity index (χ1) is 16.8. The van der Waals surface area contributed by atoms with Crippen molar-refractivity contribution in [1.82, 2.24) is 5.32 Å². The summed E-state index contributed by atoms with van der Waals surface area (Å²) in [5.74, 6) is 1.39. The van der Waals surface area contributed by atoms with Crippen molar-refractivity contribution in [2.24, 2.45) is 0 Å². The van der Waals surface area contributed by atoms with Gasteiger partial charge in [0, 0.05) is 28.6 Å². The predicted molar refractivity (Wildman–Crippen MR) is 133 cm³/mol. The Morgan fingerprint density at radius 1 is 1.14 bits per heavy atom. The summed E-state index contributed by atoms with van der Waals surface area (Å²) in [6, 6.07) is 16.8. The molecule has 1 saturated heterocycles. The van der Waals surface area contributed by atoms with E-state index in [1.54, 1.807) is 60.5 Å². The molecule has 0 aliphatic carbocycles. The van der Waals surface area contributed by atoms with Gasteiger partial charge in [0.25, 0.3) is 5.91 Å². The summed E-state index contributed by atoms with van der Waals surface area (Å²) < 4.78 is 16.9. The molecule has 0 spiro atoms. The van der Waals surface area contributed by atoms with Crippen molar-refractivity contribution in [1.29, 1.82) is 0 Å². The summed E-state index contributed by atoms with van der Waals surface area (Å²) in [5, 5.41) is 6.48. The minimum Gasteiger partial charge on any atom is -0.497 e. The fourth-order valence-electron chi connectivity index (χ4n) is 4.63. The van der Waals surface area contributed by atoms with Gasteiger partial charge in [0.15, 0.2) is 5.72 Å². The molecule has 1 fully saturated rings. The number of rotatable bonds is 5. The molecule has 0 aromatic heterocycles.